The molecule has 0 radical (unpaired) electrons. The van der Waals surface area contributed by atoms with Gasteiger partial charge in [-0.15, -0.1) is 0 Å². The van der Waals surface area contributed by atoms with Crippen LogP contribution in [0.25, 0.3) is 28.4 Å². The molecule has 4 aromatic rings. The maximum Gasteiger partial charge on any atom is 0.243 e. The SMILES string of the molecule is CN(C)CCN(c1nc(-c2c(F)nc3ccccn23)nc(-c2ccnc(N(C)C)c2)c1F)[C@@H]1CCCN(C(=O)CC#N)C1. The molecule has 0 unspecified atom stereocenters. The quantitative estimate of drug-likeness (QED) is 0.290. The monoisotopic (exact) mass is 588 g/mol. The number of imidazole rings is 1. The van der Waals surface area contributed by atoms with Crippen molar-refractivity contribution in [1.82, 2.24) is 34.1 Å². The first-order valence-corrected chi connectivity index (χ1v) is 14.1. The van der Waals surface area contributed by atoms with Crippen LogP contribution < -0.4 is 9.80 Å². The topological polar surface area (TPSA) is 110 Å². The van der Waals surface area contributed by atoms with Gasteiger partial charge in [0.25, 0.3) is 0 Å². The third-order valence-corrected chi connectivity index (χ3v) is 7.49. The van der Waals surface area contributed by atoms with E-state index < -0.39 is 11.8 Å². The molecule has 1 amide bonds. The first-order chi connectivity index (χ1) is 20.7. The van der Waals surface area contributed by atoms with Crippen LogP contribution >= 0.6 is 0 Å². The Kier molecular flexibility index (Phi) is 8.77. The summed E-state index contributed by atoms with van der Waals surface area (Å²) in [6.45, 7) is 1.80. The van der Waals surface area contributed by atoms with Crippen molar-refractivity contribution < 1.29 is 13.6 Å². The Morgan fingerprint density at radius 3 is 2.67 bits per heavy atom. The Bertz CT molecular complexity index is 1660. The van der Waals surface area contributed by atoms with Gasteiger partial charge in [-0.25, -0.2) is 19.3 Å². The number of carbonyl (C=O) groups is 1. The van der Waals surface area contributed by atoms with E-state index in [1.54, 1.807) is 56.9 Å². The largest absolute Gasteiger partial charge is 0.363 e. The summed E-state index contributed by atoms with van der Waals surface area (Å²) in [5.74, 6) is -1.10. The zero-order valence-electron chi connectivity index (χ0n) is 24.7. The summed E-state index contributed by atoms with van der Waals surface area (Å²) in [4.78, 5) is 37.6. The number of nitrogens with zero attached hydrogens (tertiary/aromatic N) is 10. The highest BCUT2D eigenvalue weighted by atomic mass is 19.1. The van der Waals surface area contributed by atoms with Gasteiger partial charge in [0.15, 0.2) is 17.5 Å². The molecular formula is C30H34F2N10O. The number of likely N-dealkylation sites (tertiary alicyclic amines) is 1. The molecule has 0 aliphatic carbocycles. The van der Waals surface area contributed by atoms with Gasteiger partial charge >= 0.3 is 0 Å². The fraction of sp³-hybridized carbons (Fsp3) is 0.400. The lowest BCUT2D eigenvalue weighted by Crippen LogP contribution is -2.51. The number of hydrogen-bond donors (Lipinski definition) is 0. The second-order valence-corrected chi connectivity index (χ2v) is 11.0. The third-order valence-electron chi connectivity index (χ3n) is 7.49. The summed E-state index contributed by atoms with van der Waals surface area (Å²) in [6.07, 6.45) is 4.38. The number of carbonyl (C=O) groups excluding carboxylic acids is 1. The van der Waals surface area contributed by atoms with Gasteiger partial charge in [0, 0.05) is 64.3 Å². The summed E-state index contributed by atoms with van der Waals surface area (Å²) in [5.41, 5.74) is 0.839. The minimum atomic E-state index is -0.774. The van der Waals surface area contributed by atoms with Crippen LogP contribution in [0.15, 0.2) is 42.7 Å². The van der Waals surface area contributed by atoms with Gasteiger partial charge in [-0.05, 0) is 51.2 Å². The molecule has 13 heteroatoms. The number of nitriles is 1. The fourth-order valence-corrected chi connectivity index (χ4v) is 5.28. The molecular weight excluding hydrogens is 554 g/mol. The average Bonchev–Trinajstić information content (AvgIpc) is 3.33. The molecule has 1 aliphatic heterocycles. The van der Waals surface area contributed by atoms with Crippen molar-refractivity contribution in [2.75, 3.05) is 64.2 Å². The number of amides is 1. The standard InChI is InChI=1S/C30H34F2N10O/c1-38(2)16-17-41(21-8-7-14-40(19-21)24(43)10-12-33)30-25(31)26(20-11-13-34-23(18-20)39(3)4)36-29(37-30)27-28(32)35-22-9-5-6-15-42(22)27/h5-6,9,11,13,15,18,21H,7-8,10,14,16-17,19H2,1-4H3/t21-/m1/s1. The lowest BCUT2D eigenvalue weighted by atomic mass is 10.0. The molecule has 1 saturated heterocycles. The minimum Gasteiger partial charge on any atom is -0.363 e. The van der Waals surface area contributed by atoms with Crippen molar-refractivity contribution in [3.63, 3.8) is 0 Å². The van der Waals surface area contributed by atoms with Crippen LogP contribution in [-0.2, 0) is 4.79 Å². The molecule has 1 aliphatic rings. The highest BCUT2D eigenvalue weighted by Crippen LogP contribution is 2.34. The Balaban J connectivity index is 1.71. The maximum atomic E-state index is 16.8. The number of anilines is 2. The maximum absolute atomic E-state index is 16.8. The van der Waals surface area contributed by atoms with Crippen molar-refractivity contribution in [1.29, 1.82) is 5.26 Å². The second kappa shape index (κ2) is 12.7. The second-order valence-electron chi connectivity index (χ2n) is 11.0. The molecule has 224 valence electrons. The fourth-order valence-electron chi connectivity index (χ4n) is 5.28. The van der Waals surface area contributed by atoms with Gasteiger partial charge < -0.3 is 19.6 Å². The van der Waals surface area contributed by atoms with Crippen LogP contribution in [0.5, 0.6) is 0 Å². The molecule has 0 N–H and O–H groups in total. The predicted octanol–water partition coefficient (Wildman–Crippen LogP) is 3.47. The van der Waals surface area contributed by atoms with Crippen molar-refractivity contribution in [3.8, 4) is 28.8 Å². The number of hydrogen-bond acceptors (Lipinski definition) is 9. The first kappa shape index (κ1) is 29.8. The van der Waals surface area contributed by atoms with E-state index in [-0.39, 0.29) is 41.4 Å². The molecule has 1 atom stereocenters. The van der Waals surface area contributed by atoms with Crippen molar-refractivity contribution in [2.24, 2.45) is 0 Å². The van der Waals surface area contributed by atoms with Crippen LogP contribution in [0.3, 0.4) is 0 Å². The summed E-state index contributed by atoms with van der Waals surface area (Å²) in [5, 5.41) is 9.09. The lowest BCUT2D eigenvalue weighted by Gasteiger charge is -2.40. The molecule has 0 aromatic carbocycles. The number of aromatic nitrogens is 5. The van der Waals surface area contributed by atoms with Gasteiger partial charge in [-0.3, -0.25) is 9.20 Å². The molecule has 5 heterocycles. The summed E-state index contributed by atoms with van der Waals surface area (Å²) in [6, 6.07) is 10.2. The smallest absolute Gasteiger partial charge is 0.243 e. The zero-order valence-corrected chi connectivity index (χ0v) is 24.7. The third kappa shape index (κ3) is 6.24. The Hall–Kier alpha value is -4.70. The average molecular weight is 589 g/mol. The number of halogens is 2. The van der Waals surface area contributed by atoms with Crippen LogP contribution in [0.4, 0.5) is 20.4 Å². The number of fused-ring (bicyclic) bond motifs is 1. The van der Waals surface area contributed by atoms with E-state index in [9.17, 15) is 4.79 Å². The Labute approximate surface area is 249 Å². The molecule has 0 spiro atoms. The van der Waals surface area contributed by atoms with Gasteiger partial charge in [-0.2, -0.15) is 14.6 Å². The zero-order chi connectivity index (χ0) is 30.7. The van der Waals surface area contributed by atoms with Gasteiger partial charge in [0.2, 0.25) is 11.9 Å². The Morgan fingerprint density at radius 2 is 1.93 bits per heavy atom. The number of rotatable bonds is 9. The van der Waals surface area contributed by atoms with E-state index >= 15 is 8.78 Å². The van der Waals surface area contributed by atoms with Crippen molar-refractivity contribution in [2.45, 2.75) is 25.3 Å². The van der Waals surface area contributed by atoms with E-state index in [0.29, 0.717) is 56.0 Å². The molecule has 4 aromatic heterocycles. The summed E-state index contributed by atoms with van der Waals surface area (Å²) < 4.78 is 33.8. The van der Waals surface area contributed by atoms with E-state index in [0.717, 1.165) is 0 Å². The van der Waals surface area contributed by atoms with Crippen LogP contribution in [0.2, 0.25) is 0 Å². The van der Waals surface area contributed by atoms with Gasteiger partial charge in [0.1, 0.15) is 29.3 Å². The molecule has 0 bridgehead atoms. The van der Waals surface area contributed by atoms with E-state index in [4.69, 9.17) is 5.26 Å². The minimum absolute atomic E-state index is 0.00106. The molecule has 5 rings (SSSR count). The van der Waals surface area contributed by atoms with Crippen molar-refractivity contribution in [3.05, 3.63) is 54.5 Å². The molecule has 1 fully saturated rings. The summed E-state index contributed by atoms with van der Waals surface area (Å²) in [7, 11) is 7.50. The Morgan fingerprint density at radius 1 is 1.12 bits per heavy atom. The normalized spacial score (nSPS) is 15.1. The van der Waals surface area contributed by atoms with E-state index in [1.165, 1.54) is 0 Å². The number of pyridine rings is 2. The lowest BCUT2D eigenvalue weighted by molar-refractivity contribution is -0.131. The predicted molar refractivity (Wildman–Crippen MR) is 159 cm³/mol. The molecule has 43 heavy (non-hydrogen) atoms. The molecule has 0 saturated carbocycles. The van der Waals surface area contributed by atoms with Gasteiger partial charge in [0.05, 0.1) is 6.07 Å². The number of likely N-dealkylation sites (N-methyl/N-ethyl adjacent to an activating group) is 1. The van der Waals surface area contributed by atoms with E-state index in [1.807, 2.05) is 44.1 Å². The highest BCUT2D eigenvalue weighted by molar-refractivity contribution is 5.78. The first-order valence-electron chi connectivity index (χ1n) is 14.1. The van der Waals surface area contributed by atoms with Gasteiger partial charge in [-0.1, -0.05) is 6.07 Å². The van der Waals surface area contributed by atoms with E-state index in [2.05, 4.69) is 19.9 Å². The van der Waals surface area contributed by atoms with Crippen LogP contribution in [-0.4, -0.2) is 100 Å². The highest BCUT2D eigenvalue weighted by Gasteiger charge is 2.32. The number of piperidine rings is 1. The van der Waals surface area contributed by atoms with Crippen LogP contribution in [0, 0.1) is 23.1 Å². The van der Waals surface area contributed by atoms with Crippen molar-refractivity contribution >= 4 is 23.2 Å². The molecule has 11 nitrogen and oxygen atoms in total. The van der Waals surface area contributed by atoms with Crippen LogP contribution in [0.1, 0.15) is 19.3 Å². The summed E-state index contributed by atoms with van der Waals surface area (Å²) >= 11 is 0.